The molecular formula is C12H16N4O2. The molecule has 0 spiro atoms. The van der Waals surface area contributed by atoms with Gasteiger partial charge in [-0.3, -0.25) is 0 Å². The van der Waals surface area contributed by atoms with E-state index in [2.05, 4.69) is 15.6 Å². The molecule has 0 bridgehead atoms. The van der Waals surface area contributed by atoms with Gasteiger partial charge in [-0.2, -0.15) is 0 Å². The highest BCUT2D eigenvalue weighted by atomic mass is 16.6. The predicted octanol–water partition coefficient (Wildman–Crippen LogP) is 1.05. The largest absolute Gasteiger partial charge is 0.351 e. The lowest BCUT2D eigenvalue weighted by Crippen LogP contribution is -2.22. The molecule has 0 fully saturated rings. The van der Waals surface area contributed by atoms with Crippen LogP contribution in [0.2, 0.25) is 0 Å². The summed E-state index contributed by atoms with van der Waals surface area (Å²) in [5, 5.41) is 19.9. The Balaban J connectivity index is 1.94. The zero-order valence-corrected chi connectivity index (χ0v) is 10.2. The number of aromatic nitrogens is 3. The van der Waals surface area contributed by atoms with Crippen molar-refractivity contribution in [1.82, 2.24) is 15.0 Å². The number of nitrogens with one attached hydrogen (secondary N) is 1. The van der Waals surface area contributed by atoms with Crippen LogP contribution in [0.1, 0.15) is 12.5 Å². The molecule has 1 heterocycles. The van der Waals surface area contributed by atoms with Crippen LogP contribution in [0.15, 0.2) is 36.5 Å². The lowest BCUT2D eigenvalue weighted by atomic mass is 10.2. The van der Waals surface area contributed by atoms with E-state index in [1.807, 2.05) is 30.3 Å². The molecule has 1 atom stereocenters. The number of benzene rings is 1. The summed E-state index contributed by atoms with van der Waals surface area (Å²) in [6.07, 6.45) is 0.659. The van der Waals surface area contributed by atoms with Gasteiger partial charge in [-0.05, 0) is 12.5 Å². The Labute approximate surface area is 105 Å². The standard InChI is InChI=1S/C12H16N4O2/c1-2-18-12(17)13-11-9-16(15-14-11)8-10-6-4-3-5-7-10/h3-7,9,12-13,17H,2,8H2,1H3. The molecule has 1 aromatic carbocycles. The fourth-order valence-electron chi connectivity index (χ4n) is 1.54. The van der Waals surface area contributed by atoms with Gasteiger partial charge in [0.25, 0.3) is 0 Å². The molecule has 0 aliphatic carbocycles. The fraction of sp³-hybridized carbons (Fsp3) is 0.333. The lowest BCUT2D eigenvalue weighted by molar-refractivity contribution is -0.0733. The summed E-state index contributed by atoms with van der Waals surface area (Å²) >= 11 is 0. The molecule has 1 unspecified atom stereocenters. The molecule has 96 valence electrons. The molecule has 6 heteroatoms. The first kappa shape index (κ1) is 12.5. The summed E-state index contributed by atoms with van der Waals surface area (Å²) in [4.78, 5) is 0. The minimum Gasteiger partial charge on any atom is -0.351 e. The van der Waals surface area contributed by atoms with Gasteiger partial charge in [0.2, 0.25) is 6.41 Å². The van der Waals surface area contributed by atoms with Gasteiger partial charge < -0.3 is 15.2 Å². The van der Waals surface area contributed by atoms with E-state index in [9.17, 15) is 5.11 Å². The van der Waals surface area contributed by atoms with Crippen molar-refractivity contribution in [2.45, 2.75) is 19.9 Å². The Kier molecular flexibility index (Phi) is 4.27. The maximum absolute atomic E-state index is 9.39. The van der Waals surface area contributed by atoms with E-state index in [0.29, 0.717) is 19.0 Å². The average molecular weight is 248 g/mol. The van der Waals surface area contributed by atoms with Crippen molar-refractivity contribution in [3.8, 4) is 0 Å². The van der Waals surface area contributed by atoms with Crippen molar-refractivity contribution in [2.24, 2.45) is 0 Å². The van der Waals surface area contributed by atoms with Crippen LogP contribution < -0.4 is 5.32 Å². The third-order valence-electron chi connectivity index (χ3n) is 2.32. The number of aliphatic hydroxyl groups is 1. The smallest absolute Gasteiger partial charge is 0.236 e. The Hall–Kier alpha value is -1.92. The van der Waals surface area contributed by atoms with Crippen LogP contribution in [0.4, 0.5) is 5.82 Å². The van der Waals surface area contributed by atoms with E-state index in [-0.39, 0.29) is 0 Å². The Bertz CT molecular complexity index is 472. The number of aliphatic hydroxyl groups excluding tert-OH is 1. The number of rotatable bonds is 6. The first-order valence-corrected chi connectivity index (χ1v) is 5.78. The van der Waals surface area contributed by atoms with Crippen molar-refractivity contribution in [1.29, 1.82) is 0 Å². The van der Waals surface area contributed by atoms with Crippen molar-refractivity contribution < 1.29 is 9.84 Å². The predicted molar refractivity (Wildman–Crippen MR) is 66.8 cm³/mol. The summed E-state index contributed by atoms with van der Waals surface area (Å²) in [6, 6.07) is 9.96. The highest BCUT2D eigenvalue weighted by Gasteiger charge is 2.06. The molecule has 1 aromatic heterocycles. The first-order chi connectivity index (χ1) is 8.78. The second kappa shape index (κ2) is 6.13. The lowest BCUT2D eigenvalue weighted by Gasteiger charge is -2.10. The number of hydrogen-bond donors (Lipinski definition) is 2. The van der Waals surface area contributed by atoms with Crippen LogP contribution in [0, 0.1) is 0 Å². The van der Waals surface area contributed by atoms with Gasteiger partial charge in [0.05, 0.1) is 12.7 Å². The van der Waals surface area contributed by atoms with Crippen LogP contribution >= 0.6 is 0 Å². The molecule has 18 heavy (non-hydrogen) atoms. The van der Waals surface area contributed by atoms with Gasteiger partial charge in [0.15, 0.2) is 5.82 Å². The number of nitrogens with zero attached hydrogens (tertiary/aromatic N) is 3. The molecule has 0 aliphatic heterocycles. The van der Waals surface area contributed by atoms with E-state index in [1.165, 1.54) is 0 Å². The van der Waals surface area contributed by atoms with E-state index >= 15 is 0 Å². The third-order valence-corrected chi connectivity index (χ3v) is 2.32. The highest BCUT2D eigenvalue weighted by Crippen LogP contribution is 2.05. The van der Waals surface area contributed by atoms with Crippen molar-refractivity contribution >= 4 is 5.82 Å². The molecule has 0 aliphatic rings. The van der Waals surface area contributed by atoms with Gasteiger partial charge in [-0.25, -0.2) is 4.68 Å². The molecule has 2 aromatic rings. The van der Waals surface area contributed by atoms with Crippen LogP contribution in [0.5, 0.6) is 0 Å². The summed E-state index contributed by atoms with van der Waals surface area (Å²) < 4.78 is 6.63. The summed E-state index contributed by atoms with van der Waals surface area (Å²) in [7, 11) is 0. The average Bonchev–Trinajstić information content (AvgIpc) is 2.78. The fourth-order valence-corrected chi connectivity index (χ4v) is 1.54. The third kappa shape index (κ3) is 3.54. The number of hydrogen-bond acceptors (Lipinski definition) is 5. The van der Waals surface area contributed by atoms with Crippen molar-refractivity contribution in [3.05, 3.63) is 42.1 Å². The topological polar surface area (TPSA) is 72.2 Å². The number of anilines is 1. The van der Waals surface area contributed by atoms with Gasteiger partial charge in [-0.1, -0.05) is 35.5 Å². The van der Waals surface area contributed by atoms with E-state index in [1.54, 1.807) is 17.8 Å². The maximum Gasteiger partial charge on any atom is 0.236 e. The SMILES string of the molecule is CCOC(O)Nc1cn(Cc2ccccc2)nn1. The molecule has 2 N–H and O–H groups in total. The highest BCUT2D eigenvalue weighted by molar-refractivity contribution is 5.29. The maximum atomic E-state index is 9.39. The molecular weight excluding hydrogens is 232 g/mol. The summed E-state index contributed by atoms with van der Waals surface area (Å²) in [5.74, 6) is 0.479. The zero-order valence-electron chi connectivity index (χ0n) is 10.2. The Morgan fingerprint density at radius 1 is 1.39 bits per heavy atom. The van der Waals surface area contributed by atoms with Gasteiger partial charge in [-0.15, -0.1) is 5.10 Å². The molecule has 6 nitrogen and oxygen atoms in total. The van der Waals surface area contributed by atoms with Crippen LogP contribution in [-0.2, 0) is 11.3 Å². The van der Waals surface area contributed by atoms with Crippen LogP contribution in [0.3, 0.4) is 0 Å². The molecule has 0 saturated carbocycles. The quantitative estimate of drug-likeness (QED) is 0.748. The normalized spacial score (nSPS) is 12.3. The molecule has 0 radical (unpaired) electrons. The monoisotopic (exact) mass is 248 g/mol. The van der Waals surface area contributed by atoms with Gasteiger partial charge in [0, 0.05) is 6.61 Å². The van der Waals surface area contributed by atoms with E-state index in [0.717, 1.165) is 5.56 Å². The van der Waals surface area contributed by atoms with Crippen molar-refractivity contribution in [2.75, 3.05) is 11.9 Å². The first-order valence-electron chi connectivity index (χ1n) is 5.78. The van der Waals surface area contributed by atoms with Crippen LogP contribution in [0.25, 0.3) is 0 Å². The van der Waals surface area contributed by atoms with Crippen LogP contribution in [-0.4, -0.2) is 33.1 Å². The second-order valence-electron chi connectivity index (χ2n) is 3.74. The minimum absolute atomic E-state index is 0.423. The molecule has 2 rings (SSSR count). The van der Waals surface area contributed by atoms with Crippen molar-refractivity contribution in [3.63, 3.8) is 0 Å². The number of ether oxygens (including phenoxy) is 1. The summed E-state index contributed by atoms with van der Waals surface area (Å²) in [5.41, 5.74) is 1.14. The van der Waals surface area contributed by atoms with Gasteiger partial charge in [0.1, 0.15) is 0 Å². The van der Waals surface area contributed by atoms with E-state index in [4.69, 9.17) is 4.74 Å². The summed E-state index contributed by atoms with van der Waals surface area (Å²) in [6.45, 7) is 2.86. The zero-order chi connectivity index (χ0) is 12.8. The second-order valence-corrected chi connectivity index (χ2v) is 3.74. The Morgan fingerprint density at radius 2 is 2.17 bits per heavy atom. The van der Waals surface area contributed by atoms with Gasteiger partial charge >= 0.3 is 0 Å². The minimum atomic E-state index is -1.06. The Morgan fingerprint density at radius 3 is 2.89 bits per heavy atom. The molecule has 0 saturated heterocycles. The van der Waals surface area contributed by atoms with E-state index < -0.39 is 6.41 Å². The molecule has 0 amide bonds.